The number of carbonyl (C=O) groups is 1. The van der Waals surface area contributed by atoms with Crippen LogP contribution < -0.4 is 5.32 Å². The van der Waals surface area contributed by atoms with Gasteiger partial charge >= 0.3 is 0 Å². The molecule has 2 rings (SSSR count). The van der Waals surface area contributed by atoms with Crippen molar-refractivity contribution in [2.75, 3.05) is 6.54 Å². The Morgan fingerprint density at radius 3 is 2.43 bits per heavy atom. The lowest BCUT2D eigenvalue weighted by atomic mass is 10.1. The molecule has 1 unspecified atom stereocenters. The first kappa shape index (κ1) is 17.2. The van der Waals surface area contributed by atoms with Crippen molar-refractivity contribution in [1.82, 2.24) is 5.32 Å². The van der Waals surface area contributed by atoms with Gasteiger partial charge in [0.05, 0.1) is 16.7 Å². The Labute approximate surface area is 133 Å². The van der Waals surface area contributed by atoms with Crippen molar-refractivity contribution in [1.29, 1.82) is 0 Å². The maximum Gasteiger partial charge on any atom is 0.254 e. The van der Waals surface area contributed by atoms with Gasteiger partial charge in [0.15, 0.2) is 17.5 Å². The van der Waals surface area contributed by atoms with Crippen LogP contribution >= 0.6 is 11.6 Å². The van der Waals surface area contributed by atoms with Gasteiger partial charge in [0, 0.05) is 6.54 Å². The Morgan fingerprint density at radius 1 is 1.09 bits per heavy atom. The van der Waals surface area contributed by atoms with Crippen molar-refractivity contribution in [2.45, 2.75) is 6.10 Å². The SMILES string of the molecule is O=C(NCC(O)c1ccc(Cl)c(F)c1)c1ccc(F)c(F)c1F. The molecule has 122 valence electrons. The van der Waals surface area contributed by atoms with E-state index in [9.17, 15) is 27.5 Å². The van der Waals surface area contributed by atoms with E-state index >= 15 is 0 Å². The number of carbonyl (C=O) groups excluding carboxylic acids is 1. The number of amides is 1. The van der Waals surface area contributed by atoms with Gasteiger partial charge in [-0.05, 0) is 29.8 Å². The van der Waals surface area contributed by atoms with Crippen LogP contribution in [0.25, 0.3) is 0 Å². The largest absolute Gasteiger partial charge is 0.387 e. The zero-order valence-electron chi connectivity index (χ0n) is 11.4. The molecular weight excluding hydrogens is 338 g/mol. The lowest BCUT2D eigenvalue weighted by Gasteiger charge is -2.13. The van der Waals surface area contributed by atoms with Crippen molar-refractivity contribution < 1.29 is 27.5 Å². The molecule has 0 spiro atoms. The smallest absolute Gasteiger partial charge is 0.254 e. The number of rotatable bonds is 4. The zero-order chi connectivity index (χ0) is 17.1. The summed E-state index contributed by atoms with van der Waals surface area (Å²) in [6.07, 6.45) is -1.29. The molecule has 0 heterocycles. The fourth-order valence-electron chi connectivity index (χ4n) is 1.82. The van der Waals surface area contributed by atoms with Crippen LogP contribution in [0.1, 0.15) is 22.0 Å². The molecule has 0 radical (unpaired) electrons. The third-order valence-electron chi connectivity index (χ3n) is 3.06. The van der Waals surface area contributed by atoms with E-state index < -0.39 is 47.4 Å². The van der Waals surface area contributed by atoms with Crippen LogP contribution in [-0.2, 0) is 0 Å². The predicted octanol–water partition coefficient (Wildman–Crippen LogP) is 3.36. The summed E-state index contributed by atoms with van der Waals surface area (Å²) < 4.78 is 52.6. The highest BCUT2D eigenvalue weighted by Gasteiger charge is 2.19. The van der Waals surface area contributed by atoms with E-state index in [-0.39, 0.29) is 10.6 Å². The highest BCUT2D eigenvalue weighted by Crippen LogP contribution is 2.20. The average molecular weight is 348 g/mol. The van der Waals surface area contributed by atoms with Gasteiger partial charge in [0.25, 0.3) is 5.91 Å². The van der Waals surface area contributed by atoms with E-state index in [2.05, 4.69) is 5.32 Å². The number of aliphatic hydroxyl groups excluding tert-OH is 1. The Hall–Kier alpha value is -2.12. The van der Waals surface area contributed by atoms with E-state index in [4.69, 9.17) is 11.6 Å². The minimum atomic E-state index is -1.77. The first-order chi connectivity index (χ1) is 10.8. The van der Waals surface area contributed by atoms with Gasteiger partial charge in [-0.3, -0.25) is 4.79 Å². The molecule has 3 nitrogen and oxygen atoms in total. The van der Waals surface area contributed by atoms with Crippen LogP contribution in [0.15, 0.2) is 30.3 Å². The summed E-state index contributed by atoms with van der Waals surface area (Å²) in [7, 11) is 0. The average Bonchev–Trinajstić information content (AvgIpc) is 2.52. The molecule has 0 aromatic heterocycles. The topological polar surface area (TPSA) is 49.3 Å². The predicted molar refractivity (Wildman–Crippen MR) is 75.0 cm³/mol. The van der Waals surface area contributed by atoms with Crippen LogP contribution in [-0.4, -0.2) is 17.6 Å². The highest BCUT2D eigenvalue weighted by molar-refractivity contribution is 6.30. The van der Waals surface area contributed by atoms with Crippen molar-refractivity contribution in [3.05, 3.63) is 69.8 Å². The second-order valence-electron chi connectivity index (χ2n) is 4.62. The van der Waals surface area contributed by atoms with E-state index in [1.807, 2.05) is 0 Å². The van der Waals surface area contributed by atoms with Crippen molar-refractivity contribution >= 4 is 17.5 Å². The minimum absolute atomic E-state index is 0.131. The number of nitrogens with one attached hydrogen (secondary N) is 1. The van der Waals surface area contributed by atoms with E-state index in [0.717, 1.165) is 12.1 Å². The van der Waals surface area contributed by atoms with Gasteiger partial charge in [-0.1, -0.05) is 17.7 Å². The fraction of sp³-hybridized carbons (Fsp3) is 0.133. The molecule has 23 heavy (non-hydrogen) atoms. The normalized spacial score (nSPS) is 12.1. The van der Waals surface area contributed by atoms with E-state index in [0.29, 0.717) is 6.07 Å². The van der Waals surface area contributed by atoms with Crippen molar-refractivity contribution in [3.8, 4) is 0 Å². The lowest BCUT2D eigenvalue weighted by molar-refractivity contribution is 0.0911. The Balaban J connectivity index is 2.07. The zero-order valence-corrected chi connectivity index (χ0v) is 12.2. The number of hydrogen-bond acceptors (Lipinski definition) is 2. The number of benzene rings is 2. The Morgan fingerprint density at radius 2 is 1.78 bits per heavy atom. The van der Waals surface area contributed by atoms with Gasteiger partial charge in [0.2, 0.25) is 0 Å². The molecule has 0 saturated heterocycles. The summed E-state index contributed by atoms with van der Waals surface area (Å²) in [5.41, 5.74) is -0.573. The summed E-state index contributed by atoms with van der Waals surface area (Å²) in [5.74, 6) is -6.61. The van der Waals surface area contributed by atoms with Crippen LogP contribution in [0.2, 0.25) is 5.02 Å². The second-order valence-corrected chi connectivity index (χ2v) is 5.03. The van der Waals surface area contributed by atoms with Crippen LogP contribution in [0.3, 0.4) is 0 Å². The Bertz CT molecular complexity index is 754. The number of aliphatic hydroxyl groups is 1. The molecule has 0 saturated carbocycles. The third kappa shape index (κ3) is 3.80. The monoisotopic (exact) mass is 347 g/mol. The van der Waals surface area contributed by atoms with Gasteiger partial charge in [-0.15, -0.1) is 0 Å². The molecule has 0 aliphatic heterocycles. The van der Waals surface area contributed by atoms with Crippen molar-refractivity contribution in [3.63, 3.8) is 0 Å². The molecule has 2 aromatic carbocycles. The third-order valence-corrected chi connectivity index (χ3v) is 3.37. The molecule has 8 heteroatoms. The summed E-state index contributed by atoms with van der Waals surface area (Å²) in [5, 5.41) is 11.9. The summed E-state index contributed by atoms with van der Waals surface area (Å²) in [6, 6.07) is 4.94. The summed E-state index contributed by atoms with van der Waals surface area (Å²) in [6.45, 7) is -0.391. The molecule has 2 N–H and O–H groups in total. The van der Waals surface area contributed by atoms with Gasteiger partial charge in [0.1, 0.15) is 5.82 Å². The van der Waals surface area contributed by atoms with E-state index in [1.165, 1.54) is 12.1 Å². The first-order valence-corrected chi connectivity index (χ1v) is 6.73. The fourth-order valence-corrected chi connectivity index (χ4v) is 1.94. The summed E-state index contributed by atoms with van der Waals surface area (Å²) in [4.78, 5) is 11.7. The molecular formula is C15H10ClF4NO2. The maximum absolute atomic E-state index is 13.5. The van der Waals surface area contributed by atoms with Crippen molar-refractivity contribution in [2.24, 2.45) is 0 Å². The van der Waals surface area contributed by atoms with Crippen LogP contribution in [0.4, 0.5) is 17.6 Å². The quantitative estimate of drug-likeness (QED) is 0.658. The first-order valence-electron chi connectivity index (χ1n) is 6.36. The molecule has 1 atom stereocenters. The highest BCUT2D eigenvalue weighted by atomic mass is 35.5. The maximum atomic E-state index is 13.5. The number of hydrogen-bond donors (Lipinski definition) is 2. The van der Waals surface area contributed by atoms with Gasteiger partial charge < -0.3 is 10.4 Å². The van der Waals surface area contributed by atoms with Gasteiger partial charge in [-0.2, -0.15) is 0 Å². The lowest BCUT2D eigenvalue weighted by Crippen LogP contribution is -2.29. The number of halogens is 5. The molecule has 0 bridgehead atoms. The Kier molecular flexibility index (Phi) is 5.23. The van der Waals surface area contributed by atoms with Crippen LogP contribution in [0, 0.1) is 23.3 Å². The second kappa shape index (κ2) is 6.97. The standard InChI is InChI=1S/C15H10ClF4NO2/c16-9-3-1-7(5-11(9)18)12(22)6-21-15(23)8-2-4-10(17)14(20)13(8)19/h1-5,12,22H,6H2,(H,21,23). The molecule has 1 amide bonds. The van der Waals surface area contributed by atoms with E-state index in [1.54, 1.807) is 0 Å². The van der Waals surface area contributed by atoms with Crippen LogP contribution in [0.5, 0.6) is 0 Å². The molecule has 0 aliphatic carbocycles. The molecule has 0 fully saturated rings. The molecule has 0 aliphatic rings. The summed E-state index contributed by atoms with van der Waals surface area (Å²) >= 11 is 5.50. The van der Waals surface area contributed by atoms with Gasteiger partial charge in [-0.25, -0.2) is 17.6 Å². The molecule has 2 aromatic rings. The minimum Gasteiger partial charge on any atom is -0.387 e.